The van der Waals surface area contributed by atoms with Crippen LogP contribution >= 0.6 is 0 Å². The third kappa shape index (κ3) is 4.52. The van der Waals surface area contributed by atoms with E-state index in [1.807, 2.05) is 6.07 Å². The molecule has 11 nitrogen and oxygen atoms in total. The lowest BCUT2D eigenvalue weighted by atomic mass is 10.1. The molecule has 35 heavy (non-hydrogen) atoms. The Morgan fingerprint density at radius 2 is 1.80 bits per heavy atom. The number of morpholine rings is 1. The highest BCUT2D eigenvalue weighted by Crippen LogP contribution is 2.33. The summed E-state index contributed by atoms with van der Waals surface area (Å²) >= 11 is 0. The number of aromatic nitrogens is 3. The van der Waals surface area contributed by atoms with E-state index in [-0.39, 0.29) is 11.6 Å². The number of ether oxygens (including phenoxy) is 1. The molecule has 1 amide bonds. The van der Waals surface area contributed by atoms with Crippen molar-refractivity contribution in [3.63, 3.8) is 0 Å². The second kappa shape index (κ2) is 9.37. The summed E-state index contributed by atoms with van der Waals surface area (Å²) in [5, 5.41) is 3.01. The van der Waals surface area contributed by atoms with Crippen LogP contribution < -0.4 is 20.0 Å². The number of hydrogen-bond acceptors (Lipinski definition) is 10. The van der Waals surface area contributed by atoms with Crippen molar-refractivity contribution in [3.05, 3.63) is 18.0 Å². The number of hydrogen-bond donors (Lipinski definition) is 1. The molecule has 0 saturated carbocycles. The largest absolute Gasteiger partial charge is 0.431 e. The third-order valence-corrected chi connectivity index (χ3v) is 6.96. The van der Waals surface area contributed by atoms with Crippen LogP contribution in [0.1, 0.15) is 43.1 Å². The minimum Gasteiger partial charge on any atom is -0.431 e. The fourth-order valence-electron chi connectivity index (χ4n) is 4.98. The Morgan fingerprint density at radius 3 is 2.57 bits per heavy atom. The molecule has 0 spiro atoms. The number of carbonyl (C=O) groups excluding carboxylic acids is 1. The van der Waals surface area contributed by atoms with Crippen LogP contribution in [-0.2, 0) is 4.74 Å². The number of amides is 1. The number of piperidine rings is 1. The molecule has 3 aromatic rings. The molecule has 1 N–H and O–H groups in total. The summed E-state index contributed by atoms with van der Waals surface area (Å²) in [6.07, 6.45) is 5.89. The number of pyridine rings is 1. The van der Waals surface area contributed by atoms with E-state index < -0.39 is 0 Å². The van der Waals surface area contributed by atoms with Crippen LogP contribution in [0, 0.1) is 5.92 Å². The molecule has 0 aromatic carbocycles. The lowest BCUT2D eigenvalue weighted by Gasteiger charge is -2.29. The number of carbonyl (C=O) groups is 1. The maximum atomic E-state index is 13.2. The molecule has 0 aliphatic carbocycles. The zero-order valence-corrected chi connectivity index (χ0v) is 20.0. The number of rotatable bonds is 5. The highest BCUT2D eigenvalue weighted by atomic mass is 16.5. The molecular formula is C24H31N7O4. The van der Waals surface area contributed by atoms with Gasteiger partial charge in [-0.05, 0) is 31.6 Å². The van der Waals surface area contributed by atoms with E-state index in [1.165, 1.54) is 12.7 Å². The molecule has 6 rings (SSSR count). The quantitative estimate of drug-likeness (QED) is 0.583. The molecule has 3 saturated heterocycles. The summed E-state index contributed by atoms with van der Waals surface area (Å²) in [4.78, 5) is 33.4. The van der Waals surface area contributed by atoms with Crippen LogP contribution in [0.25, 0.3) is 11.2 Å². The lowest BCUT2D eigenvalue weighted by Crippen LogP contribution is -2.36. The van der Waals surface area contributed by atoms with Crippen LogP contribution in [0.5, 0.6) is 0 Å². The highest BCUT2D eigenvalue weighted by molar-refractivity contribution is 6.05. The standard InChI is InChI=1S/C24H31N7O4/c1-16-5-8-31(14-16)23-26-18(15-34-23)22(32)25-17-13-19-20(27-21(17)29-6-3-2-4-7-29)28-24(35-19)30-9-11-33-12-10-30/h13,15-16H,2-12,14H2,1H3,(H,25,32)/t16-/m0/s1. The van der Waals surface area contributed by atoms with E-state index in [9.17, 15) is 4.79 Å². The fourth-order valence-corrected chi connectivity index (χ4v) is 4.98. The number of fused-ring (bicyclic) bond motifs is 1. The smallest absolute Gasteiger partial charge is 0.300 e. The SMILES string of the molecule is C[C@H]1CCN(c2nc(C(=O)Nc3cc4oc(N5CCOCC5)nc4nc3N3CCCCC3)co2)C1. The summed E-state index contributed by atoms with van der Waals surface area (Å²) in [5.74, 6) is 0.970. The van der Waals surface area contributed by atoms with Gasteiger partial charge in [-0.1, -0.05) is 6.92 Å². The molecular weight excluding hydrogens is 450 g/mol. The number of anilines is 4. The molecule has 11 heteroatoms. The molecule has 0 radical (unpaired) electrons. The van der Waals surface area contributed by atoms with Crippen molar-refractivity contribution in [1.29, 1.82) is 0 Å². The van der Waals surface area contributed by atoms with Crippen LogP contribution in [-0.4, -0.2) is 73.3 Å². The summed E-state index contributed by atoms with van der Waals surface area (Å²) in [7, 11) is 0. The maximum absolute atomic E-state index is 13.2. The zero-order chi connectivity index (χ0) is 23.8. The van der Waals surface area contributed by atoms with E-state index in [4.69, 9.17) is 18.6 Å². The first-order valence-corrected chi connectivity index (χ1v) is 12.5. The Morgan fingerprint density at radius 1 is 0.971 bits per heavy atom. The molecule has 0 bridgehead atoms. The van der Waals surface area contributed by atoms with Crippen molar-refractivity contribution in [2.75, 3.05) is 72.5 Å². The first-order chi connectivity index (χ1) is 17.1. The van der Waals surface area contributed by atoms with Gasteiger partial charge in [0.25, 0.3) is 17.9 Å². The molecule has 186 valence electrons. The van der Waals surface area contributed by atoms with Gasteiger partial charge in [0.1, 0.15) is 6.26 Å². The van der Waals surface area contributed by atoms with Crippen LogP contribution in [0.15, 0.2) is 21.2 Å². The summed E-state index contributed by atoms with van der Waals surface area (Å²) in [6, 6.07) is 2.85. The third-order valence-electron chi connectivity index (χ3n) is 6.96. The molecule has 3 aliphatic heterocycles. The molecule has 1 atom stereocenters. The van der Waals surface area contributed by atoms with Gasteiger partial charge in [0, 0.05) is 45.3 Å². The average Bonchev–Trinajstić information content (AvgIpc) is 3.64. The van der Waals surface area contributed by atoms with Gasteiger partial charge in [0.15, 0.2) is 17.1 Å². The zero-order valence-electron chi connectivity index (χ0n) is 20.0. The molecule has 3 fully saturated rings. The van der Waals surface area contributed by atoms with Crippen molar-refractivity contribution in [2.45, 2.75) is 32.6 Å². The van der Waals surface area contributed by atoms with Gasteiger partial charge >= 0.3 is 0 Å². The summed E-state index contributed by atoms with van der Waals surface area (Å²) in [5.41, 5.74) is 1.91. The Kier molecular flexibility index (Phi) is 5.93. The normalized spacial score (nSPS) is 21.2. The van der Waals surface area contributed by atoms with Gasteiger partial charge in [0.05, 0.1) is 18.9 Å². The first-order valence-electron chi connectivity index (χ1n) is 12.5. The molecule has 6 heterocycles. The van der Waals surface area contributed by atoms with Gasteiger partial charge in [-0.15, -0.1) is 0 Å². The van der Waals surface area contributed by atoms with Crippen molar-refractivity contribution in [1.82, 2.24) is 15.0 Å². The number of nitrogens with one attached hydrogen (secondary N) is 1. The first kappa shape index (κ1) is 22.1. The van der Waals surface area contributed by atoms with E-state index in [1.54, 1.807) is 0 Å². The Balaban J connectivity index is 1.29. The second-order valence-corrected chi connectivity index (χ2v) is 9.63. The predicted octanol–water partition coefficient (Wildman–Crippen LogP) is 3.14. The van der Waals surface area contributed by atoms with Gasteiger partial charge in [0.2, 0.25) is 5.65 Å². The summed E-state index contributed by atoms with van der Waals surface area (Å²) in [6.45, 7) is 8.48. The average molecular weight is 482 g/mol. The molecule has 3 aliphatic rings. The van der Waals surface area contributed by atoms with Gasteiger partial charge in [-0.25, -0.2) is 4.98 Å². The minimum atomic E-state index is -0.334. The van der Waals surface area contributed by atoms with Crippen molar-refractivity contribution < 1.29 is 18.4 Å². The van der Waals surface area contributed by atoms with E-state index >= 15 is 0 Å². The fraction of sp³-hybridized carbons (Fsp3) is 0.583. The van der Waals surface area contributed by atoms with Gasteiger partial charge in [-0.3, -0.25) is 4.79 Å². The topological polar surface area (TPSA) is 113 Å². The van der Waals surface area contributed by atoms with E-state index in [0.29, 0.717) is 53.9 Å². The Hall–Kier alpha value is -3.34. The van der Waals surface area contributed by atoms with Crippen molar-refractivity contribution in [3.8, 4) is 0 Å². The predicted molar refractivity (Wildman–Crippen MR) is 131 cm³/mol. The minimum absolute atomic E-state index is 0.246. The number of oxazole rings is 2. The van der Waals surface area contributed by atoms with Crippen LogP contribution in [0.4, 0.5) is 23.5 Å². The van der Waals surface area contributed by atoms with Crippen molar-refractivity contribution in [2.24, 2.45) is 5.92 Å². The molecule has 3 aromatic heterocycles. The maximum Gasteiger partial charge on any atom is 0.300 e. The highest BCUT2D eigenvalue weighted by Gasteiger charge is 2.26. The van der Waals surface area contributed by atoms with Gasteiger partial charge in [-0.2, -0.15) is 9.97 Å². The number of nitrogens with zero attached hydrogens (tertiary/aromatic N) is 6. The second-order valence-electron chi connectivity index (χ2n) is 9.63. The monoisotopic (exact) mass is 481 g/mol. The van der Waals surface area contributed by atoms with E-state index in [2.05, 4.69) is 36.9 Å². The Labute approximate surface area is 203 Å². The van der Waals surface area contributed by atoms with Gasteiger partial charge < -0.3 is 33.6 Å². The molecule has 0 unspecified atom stereocenters. The van der Waals surface area contributed by atoms with Crippen molar-refractivity contribution >= 4 is 40.7 Å². The van der Waals surface area contributed by atoms with E-state index in [0.717, 1.165) is 58.5 Å². The van der Waals surface area contributed by atoms with Crippen LogP contribution in [0.2, 0.25) is 0 Å². The summed E-state index contributed by atoms with van der Waals surface area (Å²) < 4.78 is 17.1. The Bertz CT molecular complexity index is 1200. The lowest BCUT2D eigenvalue weighted by molar-refractivity contribution is 0.102. The van der Waals surface area contributed by atoms with Crippen LogP contribution in [0.3, 0.4) is 0 Å².